The molecule has 242 valence electrons. The molecule has 4 aromatic rings. The van der Waals surface area contributed by atoms with E-state index in [2.05, 4.69) is 35.5 Å². The Hall–Kier alpha value is -4.72. The van der Waals surface area contributed by atoms with Crippen LogP contribution in [0, 0.1) is 0 Å². The number of rotatable bonds is 11. The second-order valence-corrected chi connectivity index (χ2v) is 11.3. The Bertz CT molecular complexity index is 1720. The maximum atomic E-state index is 14.0. The average molecular weight is 639 g/mol. The molecule has 1 fully saturated rings. The van der Waals surface area contributed by atoms with Crippen LogP contribution in [0.3, 0.4) is 0 Å². The summed E-state index contributed by atoms with van der Waals surface area (Å²) in [7, 11) is 1.48. The summed E-state index contributed by atoms with van der Waals surface area (Å²) in [5.41, 5.74) is 2.00. The summed E-state index contributed by atoms with van der Waals surface area (Å²) in [4.78, 5) is 32.8. The summed E-state index contributed by atoms with van der Waals surface area (Å²) < 4.78 is 60.9. The molecular weight excluding hydrogens is 604 g/mol. The van der Waals surface area contributed by atoms with Crippen LogP contribution in [-0.4, -0.2) is 75.6 Å². The highest BCUT2D eigenvalue weighted by atomic mass is 19.4. The van der Waals surface area contributed by atoms with Crippen LogP contribution in [0.15, 0.2) is 48.8 Å². The Kier molecular flexibility index (Phi) is 8.80. The minimum atomic E-state index is -4.79. The number of likely N-dealkylation sites (tertiary alicyclic amines) is 1. The standard InChI is InChI=1S/C32H34F4N8O2/c1-19-22-6-5-7-25(27(22)30(45)44(19)15-11-33)40-29-23(32(34,35)36)18-38-31(42-29)41-24-9-8-20(16-26(24)46-2)28-37-17-21(39-28)10-14-43-12-3-4-13-43/h5-9,16-19H,3-4,10-15H2,1-2H3,(H,37,39)(H2,38,40,41,42). The van der Waals surface area contributed by atoms with Crippen LogP contribution in [0.2, 0.25) is 0 Å². The van der Waals surface area contributed by atoms with Gasteiger partial charge in [-0.1, -0.05) is 12.1 Å². The Morgan fingerprint density at radius 3 is 2.59 bits per heavy atom. The van der Waals surface area contributed by atoms with E-state index in [0.29, 0.717) is 29.0 Å². The third-order valence-electron chi connectivity index (χ3n) is 8.41. The lowest BCUT2D eigenvalue weighted by atomic mass is 10.0. The van der Waals surface area contributed by atoms with Crippen LogP contribution < -0.4 is 15.4 Å². The van der Waals surface area contributed by atoms with Gasteiger partial charge in [0.05, 0.1) is 30.1 Å². The van der Waals surface area contributed by atoms with E-state index in [-0.39, 0.29) is 23.7 Å². The second kappa shape index (κ2) is 12.9. The molecule has 2 aliphatic rings. The van der Waals surface area contributed by atoms with Crippen molar-refractivity contribution in [1.29, 1.82) is 0 Å². The molecule has 0 aliphatic carbocycles. The number of hydrogen-bond donors (Lipinski definition) is 3. The van der Waals surface area contributed by atoms with Crippen LogP contribution >= 0.6 is 0 Å². The fraction of sp³-hybridized carbons (Fsp3) is 0.375. The van der Waals surface area contributed by atoms with Crippen LogP contribution in [-0.2, 0) is 12.6 Å². The van der Waals surface area contributed by atoms with E-state index in [1.54, 1.807) is 37.3 Å². The Labute approximate surface area is 263 Å². The number of aromatic nitrogens is 4. The Balaban J connectivity index is 1.24. The molecule has 0 saturated carbocycles. The lowest BCUT2D eigenvalue weighted by molar-refractivity contribution is -0.137. The molecule has 2 aromatic carbocycles. The number of nitrogens with zero attached hydrogens (tertiary/aromatic N) is 5. The number of ether oxygens (including phenoxy) is 1. The number of alkyl halides is 4. The molecule has 3 N–H and O–H groups in total. The lowest BCUT2D eigenvalue weighted by Gasteiger charge is -2.20. The maximum absolute atomic E-state index is 14.0. The van der Waals surface area contributed by atoms with E-state index in [1.165, 1.54) is 30.9 Å². The van der Waals surface area contributed by atoms with Crippen molar-refractivity contribution in [2.75, 3.05) is 50.6 Å². The smallest absolute Gasteiger partial charge is 0.421 e. The highest BCUT2D eigenvalue weighted by Gasteiger charge is 2.38. The lowest BCUT2D eigenvalue weighted by Crippen LogP contribution is -2.28. The summed E-state index contributed by atoms with van der Waals surface area (Å²) in [5.74, 6) is -0.0726. The molecule has 1 saturated heterocycles. The first-order chi connectivity index (χ1) is 22.2. The summed E-state index contributed by atoms with van der Waals surface area (Å²) >= 11 is 0. The van der Waals surface area contributed by atoms with Crippen molar-refractivity contribution in [1.82, 2.24) is 29.7 Å². The normalized spacial score (nSPS) is 16.6. The second-order valence-electron chi connectivity index (χ2n) is 11.3. The van der Waals surface area contributed by atoms with Gasteiger partial charge in [0.25, 0.3) is 5.91 Å². The van der Waals surface area contributed by atoms with Crippen molar-refractivity contribution in [3.63, 3.8) is 0 Å². The first-order valence-electron chi connectivity index (χ1n) is 15.1. The van der Waals surface area contributed by atoms with Gasteiger partial charge >= 0.3 is 6.18 Å². The monoisotopic (exact) mass is 638 g/mol. The number of fused-ring (bicyclic) bond motifs is 1. The molecule has 1 unspecified atom stereocenters. The largest absolute Gasteiger partial charge is 0.495 e. The number of methoxy groups -OCH3 is 1. The number of aromatic amines is 1. The fourth-order valence-corrected chi connectivity index (χ4v) is 5.99. The van der Waals surface area contributed by atoms with Gasteiger partial charge in [-0.3, -0.25) is 4.79 Å². The van der Waals surface area contributed by atoms with Gasteiger partial charge in [0.1, 0.15) is 29.6 Å². The molecule has 2 aromatic heterocycles. The minimum absolute atomic E-state index is 0.121. The Morgan fingerprint density at radius 2 is 1.85 bits per heavy atom. The number of benzene rings is 2. The molecule has 0 bridgehead atoms. The molecule has 6 rings (SSSR count). The van der Waals surface area contributed by atoms with Gasteiger partial charge in [0.15, 0.2) is 0 Å². The van der Waals surface area contributed by atoms with Crippen LogP contribution in [0.1, 0.15) is 53.0 Å². The van der Waals surface area contributed by atoms with Crippen molar-refractivity contribution >= 4 is 29.0 Å². The first kappa shape index (κ1) is 31.3. The van der Waals surface area contributed by atoms with Gasteiger partial charge in [-0.05, 0) is 62.7 Å². The fourth-order valence-electron chi connectivity index (χ4n) is 5.99. The zero-order chi connectivity index (χ0) is 32.4. The zero-order valence-electron chi connectivity index (χ0n) is 25.4. The number of amides is 1. The van der Waals surface area contributed by atoms with E-state index < -0.39 is 36.2 Å². The van der Waals surface area contributed by atoms with Gasteiger partial charge in [0.2, 0.25) is 5.95 Å². The first-order valence-corrected chi connectivity index (χ1v) is 15.1. The molecule has 0 radical (unpaired) electrons. The minimum Gasteiger partial charge on any atom is -0.495 e. The molecule has 10 nitrogen and oxygen atoms in total. The van der Waals surface area contributed by atoms with Crippen molar-refractivity contribution in [2.24, 2.45) is 0 Å². The van der Waals surface area contributed by atoms with E-state index >= 15 is 0 Å². The van der Waals surface area contributed by atoms with Gasteiger partial charge in [-0.2, -0.15) is 18.2 Å². The molecule has 46 heavy (non-hydrogen) atoms. The van der Waals surface area contributed by atoms with Crippen molar-refractivity contribution in [3.05, 3.63) is 71.2 Å². The average Bonchev–Trinajstić information content (AvgIpc) is 3.78. The highest BCUT2D eigenvalue weighted by molar-refractivity contribution is 6.04. The zero-order valence-corrected chi connectivity index (χ0v) is 25.4. The number of H-pyrrole nitrogens is 1. The topological polar surface area (TPSA) is 111 Å². The number of halogens is 4. The van der Waals surface area contributed by atoms with Crippen molar-refractivity contribution in [3.8, 4) is 17.1 Å². The van der Waals surface area contributed by atoms with Crippen molar-refractivity contribution in [2.45, 2.75) is 38.4 Å². The van der Waals surface area contributed by atoms with Crippen LogP contribution in [0.25, 0.3) is 11.4 Å². The summed E-state index contributed by atoms with van der Waals surface area (Å²) in [6.07, 6.45) is 1.05. The summed E-state index contributed by atoms with van der Waals surface area (Å²) in [6.45, 7) is 4.11. The number of carbonyl (C=O) groups is 1. The van der Waals surface area contributed by atoms with E-state index in [0.717, 1.165) is 37.3 Å². The summed E-state index contributed by atoms with van der Waals surface area (Å²) in [6, 6.07) is 9.66. The Morgan fingerprint density at radius 1 is 1.04 bits per heavy atom. The van der Waals surface area contributed by atoms with Gasteiger partial charge in [0, 0.05) is 43.2 Å². The highest BCUT2D eigenvalue weighted by Crippen LogP contribution is 2.41. The molecular formula is C32H34F4N8O2. The van der Waals surface area contributed by atoms with Crippen LogP contribution in [0.4, 0.5) is 40.7 Å². The van der Waals surface area contributed by atoms with Gasteiger partial charge in [-0.15, -0.1) is 0 Å². The molecule has 1 atom stereocenters. The maximum Gasteiger partial charge on any atom is 0.421 e. The summed E-state index contributed by atoms with van der Waals surface area (Å²) in [5, 5.41) is 5.66. The third-order valence-corrected chi connectivity index (χ3v) is 8.41. The van der Waals surface area contributed by atoms with Gasteiger partial charge in [-0.25, -0.2) is 14.4 Å². The number of anilines is 4. The molecule has 0 spiro atoms. The number of imidazole rings is 1. The molecule has 2 aliphatic heterocycles. The van der Waals surface area contributed by atoms with E-state index in [4.69, 9.17) is 4.74 Å². The SMILES string of the molecule is COc1cc(-c2ncc(CCN3CCCC3)[nH]2)ccc1Nc1ncc(C(F)(F)F)c(Nc2cccc3c2C(=O)N(CCF)C3C)n1. The van der Waals surface area contributed by atoms with Crippen molar-refractivity contribution < 1.29 is 27.1 Å². The van der Waals surface area contributed by atoms with Crippen LogP contribution in [0.5, 0.6) is 5.75 Å². The van der Waals surface area contributed by atoms with Gasteiger partial charge < -0.3 is 30.2 Å². The van der Waals surface area contributed by atoms with E-state index in [9.17, 15) is 22.4 Å². The predicted octanol–water partition coefficient (Wildman–Crippen LogP) is 6.51. The quantitative estimate of drug-likeness (QED) is 0.160. The molecule has 1 amide bonds. The number of hydrogen-bond acceptors (Lipinski definition) is 8. The third kappa shape index (κ3) is 6.34. The number of carbonyl (C=O) groups excluding carboxylic acids is 1. The predicted molar refractivity (Wildman–Crippen MR) is 165 cm³/mol. The van der Waals surface area contributed by atoms with E-state index in [1.807, 2.05) is 6.20 Å². The molecule has 4 heterocycles. The molecule has 14 heteroatoms. The number of nitrogens with one attached hydrogen (secondary N) is 3.